The largest absolute Gasteiger partial charge is 0.251 e. The van der Waals surface area contributed by atoms with Crippen molar-refractivity contribution in [1.29, 1.82) is 0 Å². The van der Waals surface area contributed by atoms with E-state index >= 15 is 0 Å². The maximum atomic E-state index is 6.25. The molecule has 20 heavy (non-hydrogen) atoms. The van der Waals surface area contributed by atoms with Gasteiger partial charge in [-0.05, 0) is 60.5 Å². The van der Waals surface area contributed by atoms with Crippen LogP contribution in [0.1, 0.15) is 26.5 Å². The van der Waals surface area contributed by atoms with Gasteiger partial charge in [0.05, 0.1) is 9.26 Å². The number of aromatic nitrogens is 3. The Morgan fingerprint density at radius 2 is 1.85 bits per heavy atom. The van der Waals surface area contributed by atoms with E-state index in [4.69, 9.17) is 11.6 Å². The Morgan fingerprint density at radius 1 is 1.20 bits per heavy atom. The van der Waals surface area contributed by atoms with E-state index in [0.717, 1.165) is 18.2 Å². The van der Waals surface area contributed by atoms with Crippen molar-refractivity contribution in [3.8, 4) is 11.5 Å². The fourth-order valence-corrected chi connectivity index (χ4v) is 3.99. The Morgan fingerprint density at radius 3 is 2.40 bits per heavy atom. The lowest BCUT2D eigenvalue weighted by atomic mass is 9.92. The number of nitrogens with zero attached hydrogens (tertiary/aromatic N) is 3. The summed E-state index contributed by atoms with van der Waals surface area (Å²) < 4.78 is 2.60. The van der Waals surface area contributed by atoms with Crippen molar-refractivity contribution < 1.29 is 0 Å². The van der Waals surface area contributed by atoms with Crippen molar-refractivity contribution >= 4 is 66.1 Å². The normalized spacial score (nSPS) is 11.8. The summed E-state index contributed by atoms with van der Waals surface area (Å²) in [5, 5.41) is 0.456. The molecule has 0 unspecified atom stereocenters. The van der Waals surface area contributed by atoms with Crippen molar-refractivity contribution in [3.63, 3.8) is 0 Å². The van der Waals surface area contributed by atoms with Gasteiger partial charge in [0.15, 0.2) is 5.82 Å². The van der Waals surface area contributed by atoms with Crippen LogP contribution in [-0.4, -0.2) is 15.0 Å². The van der Waals surface area contributed by atoms with Gasteiger partial charge in [-0.15, -0.1) is 0 Å². The molecule has 0 saturated carbocycles. The highest BCUT2D eigenvalue weighted by atomic mass is 127. The zero-order valence-electron chi connectivity index (χ0n) is 11.0. The Kier molecular flexibility index (Phi) is 5.09. The first-order valence-electron chi connectivity index (χ1n) is 5.75. The smallest absolute Gasteiger partial charge is 0.181 e. The molecule has 0 fully saturated rings. The average molecular weight is 531 g/mol. The highest BCUT2D eigenvalue weighted by Gasteiger charge is 2.23. The van der Waals surface area contributed by atoms with Crippen LogP contribution in [0.3, 0.4) is 0 Å². The van der Waals surface area contributed by atoms with E-state index in [0.29, 0.717) is 16.7 Å². The summed E-state index contributed by atoms with van der Waals surface area (Å²) in [6, 6.07) is 1.91. The van der Waals surface area contributed by atoms with Crippen LogP contribution in [0.2, 0.25) is 5.15 Å². The summed E-state index contributed by atoms with van der Waals surface area (Å²) in [6.07, 6.45) is 1.71. The minimum Gasteiger partial charge on any atom is -0.251 e. The van der Waals surface area contributed by atoms with Crippen LogP contribution >= 0.6 is 66.1 Å². The van der Waals surface area contributed by atoms with E-state index in [1.807, 2.05) is 6.07 Å². The fraction of sp³-hybridized carbons (Fsp3) is 0.308. The van der Waals surface area contributed by atoms with Gasteiger partial charge in [0.1, 0.15) is 10.8 Å². The maximum Gasteiger partial charge on any atom is 0.181 e. The number of hydrogen-bond donors (Lipinski definition) is 0. The van der Waals surface area contributed by atoms with Crippen LogP contribution in [0.15, 0.2) is 21.2 Å². The Bertz CT molecular complexity index is 671. The van der Waals surface area contributed by atoms with Crippen molar-refractivity contribution in [2.24, 2.45) is 0 Å². The van der Waals surface area contributed by atoms with Crippen molar-refractivity contribution in [1.82, 2.24) is 15.0 Å². The average Bonchev–Trinajstić information content (AvgIpc) is 2.31. The summed E-state index contributed by atoms with van der Waals surface area (Å²) >= 11 is 15.3. The third-order valence-electron chi connectivity index (χ3n) is 2.54. The van der Waals surface area contributed by atoms with E-state index in [-0.39, 0.29) is 5.41 Å². The summed E-state index contributed by atoms with van der Waals surface area (Å²) in [5.74, 6) is 0.528. The van der Waals surface area contributed by atoms with Crippen LogP contribution in [0.5, 0.6) is 0 Å². The van der Waals surface area contributed by atoms with Gasteiger partial charge in [-0.2, -0.15) is 0 Å². The molecule has 0 saturated heterocycles. The fourth-order valence-electron chi connectivity index (χ4n) is 1.60. The third kappa shape index (κ3) is 3.51. The van der Waals surface area contributed by atoms with Crippen LogP contribution in [-0.2, 0) is 5.41 Å². The second-order valence-electron chi connectivity index (χ2n) is 5.23. The molecule has 0 bridgehead atoms. The van der Waals surface area contributed by atoms with Crippen molar-refractivity contribution in [2.45, 2.75) is 26.2 Å². The summed E-state index contributed by atoms with van der Waals surface area (Å²) in [4.78, 5) is 13.4. The molecule has 0 radical (unpaired) electrons. The van der Waals surface area contributed by atoms with Crippen LogP contribution in [0, 0.1) is 3.57 Å². The van der Waals surface area contributed by atoms with Crippen molar-refractivity contribution in [3.05, 3.63) is 35.6 Å². The summed E-state index contributed by atoms with van der Waals surface area (Å²) in [7, 11) is 0. The van der Waals surface area contributed by atoms with Crippen LogP contribution in [0.4, 0.5) is 0 Å². The van der Waals surface area contributed by atoms with Crippen LogP contribution < -0.4 is 0 Å². The molecular formula is C13H11Br2ClIN3. The Hall–Kier alpha value is 0.210. The minimum atomic E-state index is -0.111. The predicted octanol–water partition coefficient (Wildman–Crippen LogP) is 5.62. The quantitative estimate of drug-likeness (QED) is 0.354. The second kappa shape index (κ2) is 6.14. The Balaban J connectivity index is 2.67. The molecule has 2 rings (SSSR count). The van der Waals surface area contributed by atoms with Gasteiger partial charge in [-0.25, -0.2) is 9.97 Å². The molecule has 2 aromatic heterocycles. The molecule has 0 aliphatic heterocycles. The van der Waals surface area contributed by atoms with E-state index in [2.05, 4.69) is 90.2 Å². The molecule has 3 nitrogen and oxygen atoms in total. The molecule has 0 N–H and O–H groups in total. The topological polar surface area (TPSA) is 38.7 Å². The zero-order valence-corrected chi connectivity index (χ0v) is 17.1. The molecule has 0 aromatic carbocycles. The highest BCUT2D eigenvalue weighted by Crippen LogP contribution is 2.33. The van der Waals surface area contributed by atoms with Crippen molar-refractivity contribution in [2.75, 3.05) is 0 Å². The first kappa shape index (κ1) is 16.6. The lowest BCUT2D eigenvalue weighted by Gasteiger charge is -2.20. The third-order valence-corrected chi connectivity index (χ3v) is 5.19. The monoisotopic (exact) mass is 529 g/mol. The number of halogens is 4. The van der Waals surface area contributed by atoms with Gasteiger partial charge in [-0.3, -0.25) is 4.98 Å². The highest BCUT2D eigenvalue weighted by molar-refractivity contribution is 14.1. The lowest BCUT2D eigenvalue weighted by molar-refractivity contribution is 0.563. The van der Waals surface area contributed by atoms with Gasteiger partial charge in [0, 0.05) is 20.6 Å². The first-order chi connectivity index (χ1) is 9.20. The molecule has 2 aromatic rings. The van der Waals surface area contributed by atoms with Gasteiger partial charge in [0.25, 0.3) is 0 Å². The van der Waals surface area contributed by atoms with E-state index in [1.54, 1.807) is 6.20 Å². The standard InChI is InChI=1S/C13H11Br2ClIN3/c1-13(2,3)10-8(17)11(16)20-12(19-10)9-7(15)4-6(14)5-18-9/h4-5H,1-3H3. The molecule has 106 valence electrons. The first-order valence-corrected chi connectivity index (χ1v) is 8.79. The van der Waals surface area contributed by atoms with E-state index in [1.165, 1.54) is 0 Å². The van der Waals surface area contributed by atoms with Gasteiger partial charge in [-0.1, -0.05) is 32.4 Å². The van der Waals surface area contributed by atoms with E-state index < -0.39 is 0 Å². The summed E-state index contributed by atoms with van der Waals surface area (Å²) in [6.45, 7) is 6.30. The minimum absolute atomic E-state index is 0.111. The number of hydrogen-bond acceptors (Lipinski definition) is 3. The molecule has 0 amide bonds. The molecule has 0 aliphatic carbocycles. The molecule has 0 spiro atoms. The zero-order chi connectivity index (χ0) is 15.1. The molecular weight excluding hydrogens is 520 g/mol. The molecule has 2 heterocycles. The Labute approximate surface area is 153 Å². The molecule has 7 heteroatoms. The summed E-state index contributed by atoms with van der Waals surface area (Å²) in [5.41, 5.74) is 1.49. The predicted molar refractivity (Wildman–Crippen MR) is 97.1 cm³/mol. The maximum absolute atomic E-state index is 6.25. The second-order valence-corrected chi connectivity index (χ2v) is 8.44. The molecule has 0 aliphatic rings. The van der Waals surface area contributed by atoms with E-state index in [9.17, 15) is 0 Å². The van der Waals surface area contributed by atoms with Gasteiger partial charge in [0.2, 0.25) is 0 Å². The van der Waals surface area contributed by atoms with Gasteiger partial charge < -0.3 is 0 Å². The number of rotatable bonds is 1. The van der Waals surface area contributed by atoms with Crippen LogP contribution in [0.25, 0.3) is 11.5 Å². The number of pyridine rings is 1. The van der Waals surface area contributed by atoms with Gasteiger partial charge >= 0.3 is 0 Å². The lowest BCUT2D eigenvalue weighted by Crippen LogP contribution is -2.17. The SMILES string of the molecule is CC(C)(C)c1nc(-c2ncc(Br)cc2Br)nc(Cl)c1I. The molecule has 0 atom stereocenters.